The van der Waals surface area contributed by atoms with Crippen molar-refractivity contribution >= 4 is 17.5 Å². The van der Waals surface area contributed by atoms with E-state index in [1.54, 1.807) is 0 Å². The molecule has 1 aliphatic rings. The molecule has 0 radical (unpaired) electrons. The molecule has 1 heterocycles. The van der Waals surface area contributed by atoms with E-state index in [-0.39, 0.29) is 30.8 Å². The fraction of sp³-hybridized carbons (Fsp3) is 0.364. The number of ether oxygens (including phenoxy) is 1. The zero-order chi connectivity index (χ0) is 19.2. The van der Waals surface area contributed by atoms with Crippen molar-refractivity contribution in [1.29, 1.82) is 0 Å². The summed E-state index contributed by atoms with van der Waals surface area (Å²) in [6.07, 6.45) is 1.10. The fourth-order valence-corrected chi connectivity index (χ4v) is 3.31. The summed E-state index contributed by atoms with van der Waals surface area (Å²) in [7, 11) is 0. The number of carbonyl (C=O) groups excluding carboxylic acids is 2. The first-order valence-corrected chi connectivity index (χ1v) is 9.41. The van der Waals surface area contributed by atoms with Crippen LogP contribution in [0, 0.1) is 5.92 Å². The van der Waals surface area contributed by atoms with Crippen molar-refractivity contribution in [2.45, 2.75) is 32.7 Å². The third-order valence-electron chi connectivity index (χ3n) is 4.58. The predicted molar refractivity (Wildman–Crippen MR) is 106 cm³/mol. The summed E-state index contributed by atoms with van der Waals surface area (Å²) in [4.78, 5) is 26.8. The predicted octanol–water partition coefficient (Wildman–Crippen LogP) is 3.71. The van der Waals surface area contributed by atoms with E-state index in [4.69, 9.17) is 4.74 Å². The first-order valence-electron chi connectivity index (χ1n) is 9.41. The molecule has 0 saturated heterocycles. The van der Waals surface area contributed by atoms with E-state index in [0.717, 1.165) is 12.0 Å². The molecule has 1 N–H and O–H groups in total. The second-order valence-electron chi connectivity index (χ2n) is 7.21. The van der Waals surface area contributed by atoms with Crippen molar-refractivity contribution in [1.82, 2.24) is 5.32 Å². The van der Waals surface area contributed by atoms with Gasteiger partial charge in [0.1, 0.15) is 12.3 Å². The van der Waals surface area contributed by atoms with Crippen LogP contribution >= 0.6 is 0 Å². The van der Waals surface area contributed by atoms with Gasteiger partial charge in [-0.3, -0.25) is 14.5 Å². The number of hydrogen-bond acceptors (Lipinski definition) is 3. The lowest BCUT2D eigenvalue weighted by Crippen LogP contribution is -2.42. The lowest BCUT2D eigenvalue weighted by Gasteiger charge is -2.25. The van der Waals surface area contributed by atoms with Crippen LogP contribution in [0.3, 0.4) is 0 Å². The number of fused-ring (bicyclic) bond motifs is 1. The second-order valence-corrected chi connectivity index (χ2v) is 7.21. The zero-order valence-corrected chi connectivity index (χ0v) is 15.9. The molecule has 0 aliphatic carbocycles. The number of rotatable bonds is 6. The Labute approximate surface area is 160 Å². The lowest BCUT2D eigenvalue weighted by molar-refractivity contribution is -0.124. The zero-order valence-electron chi connectivity index (χ0n) is 15.9. The van der Waals surface area contributed by atoms with Crippen molar-refractivity contribution in [3.05, 3.63) is 60.2 Å². The van der Waals surface area contributed by atoms with Gasteiger partial charge in [-0.1, -0.05) is 56.3 Å². The minimum Gasteiger partial charge on any atom is -0.491 e. The summed E-state index contributed by atoms with van der Waals surface area (Å²) in [6.45, 7) is 4.58. The molecule has 5 heteroatoms. The Kier molecular flexibility index (Phi) is 6.12. The van der Waals surface area contributed by atoms with Gasteiger partial charge in [0.25, 0.3) is 0 Å². The Hall–Kier alpha value is -2.82. The highest BCUT2D eigenvalue weighted by atomic mass is 16.5. The molecule has 1 unspecified atom stereocenters. The molecule has 2 aromatic carbocycles. The minimum absolute atomic E-state index is 0.0133. The number of amides is 2. The van der Waals surface area contributed by atoms with Crippen molar-refractivity contribution in [2.75, 3.05) is 18.1 Å². The van der Waals surface area contributed by atoms with Gasteiger partial charge >= 0.3 is 0 Å². The molecular weight excluding hydrogens is 340 g/mol. The first-order chi connectivity index (χ1) is 13.0. The first kappa shape index (κ1) is 19.0. The van der Waals surface area contributed by atoms with Gasteiger partial charge in [-0.2, -0.15) is 0 Å². The molecular formula is C22H26N2O3. The van der Waals surface area contributed by atoms with Gasteiger partial charge in [-0.15, -0.1) is 0 Å². The van der Waals surface area contributed by atoms with E-state index in [0.29, 0.717) is 24.0 Å². The summed E-state index contributed by atoms with van der Waals surface area (Å²) in [5.74, 6) is 0.798. The number of nitrogens with one attached hydrogen (secondary N) is 1. The van der Waals surface area contributed by atoms with Crippen molar-refractivity contribution in [3.63, 3.8) is 0 Å². The normalized spacial score (nSPS) is 14.9. The number of nitrogens with zero attached hydrogens (tertiary/aromatic N) is 1. The number of anilines is 1. The van der Waals surface area contributed by atoms with E-state index in [1.807, 2.05) is 54.6 Å². The maximum atomic E-state index is 12.8. The van der Waals surface area contributed by atoms with Gasteiger partial charge in [0.15, 0.2) is 0 Å². The lowest BCUT2D eigenvalue weighted by atomic mass is 9.97. The van der Waals surface area contributed by atoms with Crippen LogP contribution in [0.15, 0.2) is 54.6 Å². The fourth-order valence-electron chi connectivity index (χ4n) is 3.31. The van der Waals surface area contributed by atoms with Gasteiger partial charge in [-0.05, 0) is 30.0 Å². The standard InChI is InChI=1S/C22H26N2O3/c1-16(2)14-18(17-8-4-3-5-9-17)23-21(25)15-24-19-10-6-7-11-20(19)27-13-12-22(24)26/h3-11,16,18H,12-15H2,1-2H3,(H,23,25). The highest BCUT2D eigenvalue weighted by Gasteiger charge is 2.26. The molecule has 142 valence electrons. The summed E-state index contributed by atoms with van der Waals surface area (Å²) in [6, 6.07) is 17.2. The monoisotopic (exact) mass is 366 g/mol. The third-order valence-corrected chi connectivity index (χ3v) is 4.58. The highest BCUT2D eigenvalue weighted by molar-refractivity contribution is 6.00. The van der Waals surface area contributed by atoms with Gasteiger partial charge in [0.2, 0.25) is 11.8 Å². The van der Waals surface area contributed by atoms with Gasteiger partial charge < -0.3 is 10.1 Å². The smallest absolute Gasteiger partial charge is 0.240 e. The SMILES string of the molecule is CC(C)CC(NC(=O)CN1C(=O)CCOc2ccccc21)c1ccccc1. The summed E-state index contributed by atoms with van der Waals surface area (Å²) in [5.41, 5.74) is 1.72. The Morgan fingerprint density at radius 3 is 2.56 bits per heavy atom. The molecule has 27 heavy (non-hydrogen) atoms. The highest BCUT2D eigenvalue weighted by Crippen LogP contribution is 2.31. The van der Waals surface area contributed by atoms with Crippen molar-refractivity contribution in [2.24, 2.45) is 5.92 Å². The van der Waals surface area contributed by atoms with Crippen LogP contribution in [0.1, 0.15) is 38.3 Å². The number of para-hydroxylation sites is 2. The van der Waals surface area contributed by atoms with Crippen LogP contribution in [-0.4, -0.2) is 25.0 Å². The molecule has 5 nitrogen and oxygen atoms in total. The number of carbonyl (C=O) groups is 2. The molecule has 3 rings (SSSR count). The Bertz CT molecular complexity index is 789. The van der Waals surface area contributed by atoms with E-state index in [1.165, 1.54) is 4.90 Å². The van der Waals surface area contributed by atoms with E-state index in [9.17, 15) is 9.59 Å². The van der Waals surface area contributed by atoms with E-state index < -0.39 is 0 Å². The summed E-state index contributed by atoms with van der Waals surface area (Å²) >= 11 is 0. The van der Waals surface area contributed by atoms with Gasteiger partial charge in [0, 0.05) is 0 Å². The number of benzene rings is 2. The molecule has 0 bridgehead atoms. The third kappa shape index (κ3) is 4.88. The molecule has 0 aromatic heterocycles. The summed E-state index contributed by atoms with van der Waals surface area (Å²) < 4.78 is 5.64. The Morgan fingerprint density at radius 1 is 1.11 bits per heavy atom. The molecule has 0 saturated carbocycles. The maximum absolute atomic E-state index is 12.8. The molecule has 2 amide bonds. The molecule has 0 fully saturated rings. The molecule has 0 spiro atoms. The molecule has 2 aromatic rings. The molecule has 1 aliphatic heterocycles. The Morgan fingerprint density at radius 2 is 1.81 bits per heavy atom. The van der Waals surface area contributed by atoms with Crippen LogP contribution < -0.4 is 15.0 Å². The minimum atomic E-state index is -0.172. The quantitative estimate of drug-likeness (QED) is 0.848. The van der Waals surface area contributed by atoms with Crippen LogP contribution in [-0.2, 0) is 9.59 Å². The summed E-state index contributed by atoms with van der Waals surface area (Å²) in [5, 5.41) is 3.11. The van der Waals surface area contributed by atoms with E-state index >= 15 is 0 Å². The van der Waals surface area contributed by atoms with Gasteiger partial charge in [-0.25, -0.2) is 0 Å². The van der Waals surface area contributed by atoms with Crippen LogP contribution in [0.25, 0.3) is 0 Å². The van der Waals surface area contributed by atoms with E-state index in [2.05, 4.69) is 19.2 Å². The number of hydrogen-bond donors (Lipinski definition) is 1. The largest absolute Gasteiger partial charge is 0.491 e. The molecule has 1 atom stereocenters. The second kappa shape index (κ2) is 8.71. The van der Waals surface area contributed by atoms with Crippen LogP contribution in [0.5, 0.6) is 5.75 Å². The topological polar surface area (TPSA) is 58.6 Å². The average molecular weight is 366 g/mol. The maximum Gasteiger partial charge on any atom is 0.240 e. The Balaban J connectivity index is 1.76. The average Bonchev–Trinajstić information content (AvgIpc) is 2.81. The van der Waals surface area contributed by atoms with Gasteiger partial charge in [0.05, 0.1) is 24.8 Å². The van der Waals surface area contributed by atoms with Crippen LogP contribution in [0.4, 0.5) is 5.69 Å². The van der Waals surface area contributed by atoms with Crippen molar-refractivity contribution < 1.29 is 14.3 Å². The van der Waals surface area contributed by atoms with Crippen LogP contribution in [0.2, 0.25) is 0 Å². The van der Waals surface area contributed by atoms with Crippen molar-refractivity contribution in [3.8, 4) is 5.75 Å².